The molecule has 1 amide bonds. The van der Waals surface area contributed by atoms with Crippen LogP contribution in [0, 0.1) is 0 Å². The Labute approximate surface area is 151 Å². The van der Waals surface area contributed by atoms with E-state index < -0.39 is 5.60 Å². The third kappa shape index (κ3) is 3.23. The van der Waals surface area contributed by atoms with Gasteiger partial charge < -0.3 is 10.4 Å². The van der Waals surface area contributed by atoms with Gasteiger partial charge in [0.05, 0.1) is 22.2 Å². The number of carbonyl (C=O) groups is 1. The second-order valence-electron chi connectivity index (χ2n) is 7.84. The number of aromatic nitrogens is 3. The van der Waals surface area contributed by atoms with Crippen molar-refractivity contribution in [2.75, 3.05) is 0 Å². The molecule has 2 aliphatic carbocycles. The van der Waals surface area contributed by atoms with Crippen LogP contribution in [0.2, 0.25) is 0 Å². The quantitative estimate of drug-likeness (QED) is 0.841. The van der Waals surface area contributed by atoms with Gasteiger partial charge in [0.2, 0.25) is 5.91 Å². The van der Waals surface area contributed by atoms with Crippen LogP contribution >= 0.6 is 0 Å². The zero-order valence-electron chi connectivity index (χ0n) is 15.2. The highest BCUT2D eigenvalue weighted by molar-refractivity contribution is 5.81. The van der Waals surface area contributed by atoms with E-state index in [9.17, 15) is 14.7 Å². The monoisotopic (exact) mass is 356 g/mol. The lowest BCUT2D eigenvalue weighted by Gasteiger charge is -2.41. The number of carbonyl (C=O) groups excluding carboxylic acids is 1. The lowest BCUT2D eigenvalue weighted by Crippen LogP contribution is -2.54. The van der Waals surface area contributed by atoms with Crippen molar-refractivity contribution < 1.29 is 9.90 Å². The van der Waals surface area contributed by atoms with Crippen molar-refractivity contribution in [1.29, 1.82) is 0 Å². The Morgan fingerprint density at radius 3 is 2.73 bits per heavy atom. The van der Waals surface area contributed by atoms with Gasteiger partial charge in [-0.1, -0.05) is 6.92 Å². The van der Waals surface area contributed by atoms with Crippen LogP contribution in [0.1, 0.15) is 56.8 Å². The first-order chi connectivity index (χ1) is 12.4. The number of hydrogen-bond donors (Lipinski definition) is 2. The van der Waals surface area contributed by atoms with Gasteiger partial charge in [-0.15, -0.1) is 0 Å². The fourth-order valence-electron chi connectivity index (χ4n) is 3.71. The highest BCUT2D eigenvalue weighted by Gasteiger charge is 2.39. The van der Waals surface area contributed by atoms with Gasteiger partial charge in [-0.05, 0) is 51.2 Å². The summed E-state index contributed by atoms with van der Waals surface area (Å²) < 4.78 is 1.23. The molecule has 2 aromatic rings. The Balaban J connectivity index is 1.59. The van der Waals surface area contributed by atoms with Crippen molar-refractivity contribution >= 4 is 16.8 Å². The molecular weight excluding hydrogens is 332 g/mol. The summed E-state index contributed by atoms with van der Waals surface area (Å²) in [5, 5.41) is 17.5. The first-order valence-corrected chi connectivity index (χ1v) is 9.28. The number of fused-ring (bicyclic) bond motifs is 1. The number of nitrogens with one attached hydrogen (secondary N) is 1. The van der Waals surface area contributed by atoms with Gasteiger partial charge in [0.15, 0.2) is 0 Å². The summed E-state index contributed by atoms with van der Waals surface area (Å²) in [5.41, 5.74) is 1.44. The van der Waals surface area contributed by atoms with Crippen molar-refractivity contribution in [3.63, 3.8) is 0 Å². The molecule has 0 atom stereocenters. The summed E-state index contributed by atoms with van der Waals surface area (Å²) >= 11 is 0. The second-order valence-corrected chi connectivity index (χ2v) is 7.84. The number of amides is 1. The topological polar surface area (TPSA) is 97.1 Å². The van der Waals surface area contributed by atoms with Gasteiger partial charge in [-0.25, -0.2) is 4.68 Å². The summed E-state index contributed by atoms with van der Waals surface area (Å²) in [6.07, 6.45) is 4.02. The minimum Gasteiger partial charge on any atom is -0.390 e. The molecule has 7 heteroatoms. The van der Waals surface area contributed by atoms with Crippen LogP contribution < -0.4 is 10.9 Å². The highest BCUT2D eigenvalue weighted by atomic mass is 16.3. The predicted molar refractivity (Wildman–Crippen MR) is 96.9 cm³/mol. The van der Waals surface area contributed by atoms with Crippen molar-refractivity contribution in [2.45, 2.75) is 70.1 Å². The van der Waals surface area contributed by atoms with Crippen LogP contribution in [0.5, 0.6) is 0 Å². The molecule has 26 heavy (non-hydrogen) atoms. The molecule has 2 N–H and O–H groups in total. The number of aliphatic hydroxyl groups is 1. The molecule has 2 aliphatic rings. The zero-order chi connectivity index (χ0) is 18.5. The second kappa shape index (κ2) is 6.16. The smallest absolute Gasteiger partial charge is 0.276 e. The molecule has 2 aromatic heterocycles. The Morgan fingerprint density at radius 2 is 2.12 bits per heavy atom. The molecule has 0 aromatic carbocycles. The van der Waals surface area contributed by atoms with Crippen LogP contribution in [0.25, 0.3) is 10.9 Å². The maximum Gasteiger partial charge on any atom is 0.276 e. The number of pyridine rings is 1. The van der Waals surface area contributed by atoms with E-state index in [0.29, 0.717) is 36.1 Å². The minimum atomic E-state index is -0.698. The molecule has 2 saturated carbocycles. The lowest BCUT2D eigenvalue weighted by molar-refractivity contribution is -0.125. The first kappa shape index (κ1) is 17.1. The summed E-state index contributed by atoms with van der Waals surface area (Å²) in [7, 11) is 0. The van der Waals surface area contributed by atoms with Gasteiger partial charge in [0, 0.05) is 17.7 Å². The molecule has 4 rings (SSSR count). The van der Waals surface area contributed by atoms with Gasteiger partial charge >= 0.3 is 0 Å². The van der Waals surface area contributed by atoms with E-state index in [2.05, 4.69) is 15.4 Å². The average molecular weight is 356 g/mol. The van der Waals surface area contributed by atoms with E-state index in [4.69, 9.17) is 0 Å². The van der Waals surface area contributed by atoms with E-state index in [-0.39, 0.29) is 24.1 Å². The van der Waals surface area contributed by atoms with Crippen molar-refractivity contribution in [3.05, 3.63) is 33.9 Å². The van der Waals surface area contributed by atoms with E-state index in [1.54, 1.807) is 6.92 Å². The maximum atomic E-state index is 12.7. The van der Waals surface area contributed by atoms with Crippen LogP contribution in [0.3, 0.4) is 0 Å². The molecule has 0 saturated heterocycles. The Bertz CT molecular complexity index is 922. The van der Waals surface area contributed by atoms with E-state index in [0.717, 1.165) is 24.2 Å². The van der Waals surface area contributed by atoms with Gasteiger partial charge in [-0.2, -0.15) is 5.10 Å². The molecular formula is C19H24N4O3. The molecule has 0 spiro atoms. The SMILES string of the molecule is CCc1nn(CC(=O)NC2CC(C)(O)C2)c(=O)c2ccc(C3CC3)nc12. The molecule has 7 nitrogen and oxygen atoms in total. The average Bonchev–Trinajstić information content (AvgIpc) is 3.40. The zero-order valence-corrected chi connectivity index (χ0v) is 15.2. The number of aryl methyl sites for hydroxylation is 1. The minimum absolute atomic E-state index is 0.0397. The summed E-state index contributed by atoms with van der Waals surface area (Å²) in [4.78, 5) is 29.7. The summed E-state index contributed by atoms with van der Waals surface area (Å²) in [6, 6.07) is 3.69. The summed E-state index contributed by atoms with van der Waals surface area (Å²) in [6.45, 7) is 3.60. The van der Waals surface area contributed by atoms with Gasteiger partial charge in [-0.3, -0.25) is 14.6 Å². The predicted octanol–water partition coefficient (Wildman–Crippen LogP) is 1.26. The van der Waals surface area contributed by atoms with Crippen molar-refractivity contribution in [2.24, 2.45) is 0 Å². The fraction of sp³-hybridized carbons (Fsp3) is 0.579. The van der Waals surface area contributed by atoms with E-state index in [1.807, 2.05) is 19.1 Å². The van der Waals surface area contributed by atoms with Crippen molar-refractivity contribution in [3.8, 4) is 0 Å². The lowest BCUT2D eigenvalue weighted by atomic mass is 9.77. The van der Waals surface area contributed by atoms with Crippen LogP contribution in [-0.4, -0.2) is 37.4 Å². The third-order valence-corrected chi connectivity index (χ3v) is 5.26. The standard InChI is InChI=1S/C19H24N4O3/c1-3-14-17-13(6-7-15(21-17)11-4-5-11)18(25)23(22-14)10-16(24)20-12-8-19(2,26)9-12/h6-7,11-12,26H,3-5,8-10H2,1-2H3,(H,20,24). The molecule has 0 bridgehead atoms. The van der Waals surface area contributed by atoms with Crippen LogP contribution in [0.4, 0.5) is 0 Å². The maximum absolute atomic E-state index is 12.7. The number of hydrogen-bond acceptors (Lipinski definition) is 5. The normalized spacial score (nSPS) is 25.1. The Hall–Kier alpha value is -2.28. The molecule has 0 aliphatic heterocycles. The molecule has 2 heterocycles. The van der Waals surface area contributed by atoms with Gasteiger partial charge in [0.1, 0.15) is 6.54 Å². The van der Waals surface area contributed by atoms with E-state index in [1.165, 1.54) is 4.68 Å². The molecule has 0 radical (unpaired) electrons. The number of nitrogens with zero attached hydrogens (tertiary/aromatic N) is 3. The number of rotatable bonds is 5. The highest BCUT2D eigenvalue weighted by Crippen LogP contribution is 2.39. The molecule has 0 unspecified atom stereocenters. The fourth-order valence-corrected chi connectivity index (χ4v) is 3.71. The third-order valence-electron chi connectivity index (χ3n) is 5.26. The first-order valence-electron chi connectivity index (χ1n) is 9.28. The largest absolute Gasteiger partial charge is 0.390 e. The molecule has 2 fully saturated rings. The van der Waals surface area contributed by atoms with Gasteiger partial charge in [0.25, 0.3) is 5.56 Å². The van der Waals surface area contributed by atoms with Crippen LogP contribution in [0.15, 0.2) is 16.9 Å². The Kier molecular flexibility index (Phi) is 4.06. The molecule has 138 valence electrons. The van der Waals surface area contributed by atoms with E-state index >= 15 is 0 Å². The Morgan fingerprint density at radius 1 is 1.38 bits per heavy atom. The van der Waals surface area contributed by atoms with Crippen LogP contribution in [-0.2, 0) is 17.8 Å². The van der Waals surface area contributed by atoms with Crippen molar-refractivity contribution in [1.82, 2.24) is 20.1 Å². The summed E-state index contributed by atoms with van der Waals surface area (Å²) in [5.74, 6) is 0.251.